The predicted octanol–water partition coefficient (Wildman–Crippen LogP) is 3.67. The van der Waals surface area contributed by atoms with Crippen LogP contribution in [0.1, 0.15) is 18.4 Å². The lowest BCUT2D eigenvalue weighted by Crippen LogP contribution is -2.17. The molecule has 1 amide bonds. The molecule has 3 aromatic rings. The van der Waals surface area contributed by atoms with Gasteiger partial charge in [-0.2, -0.15) is 13.9 Å². The summed E-state index contributed by atoms with van der Waals surface area (Å²) in [6, 6.07) is 2.88. The highest BCUT2D eigenvalue weighted by molar-refractivity contribution is 9.10. The molecule has 26 heavy (non-hydrogen) atoms. The number of benzene rings is 1. The first-order valence-electron chi connectivity index (χ1n) is 7.72. The van der Waals surface area contributed by atoms with Crippen LogP contribution in [0.3, 0.4) is 0 Å². The van der Waals surface area contributed by atoms with Crippen LogP contribution in [0.2, 0.25) is 0 Å². The lowest BCUT2D eigenvalue weighted by molar-refractivity contribution is -0.115. The highest BCUT2D eigenvalue weighted by atomic mass is 79.9. The van der Waals surface area contributed by atoms with Crippen LogP contribution in [0.5, 0.6) is 5.75 Å². The van der Waals surface area contributed by atoms with E-state index in [0.717, 1.165) is 0 Å². The number of nitrogens with zero attached hydrogens (tertiary/aromatic N) is 3. The first-order chi connectivity index (χ1) is 12.4. The van der Waals surface area contributed by atoms with E-state index in [2.05, 4.69) is 36.1 Å². The lowest BCUT2D eigenvalue weighted by atomic mass is 10.1. The van der Waals surface area contributed by atoms with Crippen molar-refractivity contribution in [3.05, 3.63) is 34.3 Å². The van der Waals surface area contributed by atoms with Gasteiger partial charge in [-0.05, 0) is 22.0 Å². The lowest BCUT2D eigenvalue weighted by Gasteiger charge is -2.08. The number of carbonyl (C=O) groups excluding carboxylic acids is 1. The number of oxazole rings is 1. The molecule has 2 aromatic heterocycles. The van der Waals surface area contributed by atoms with Crippen LogP contribution in [0.25, 0.3) is 11.1 Å². The number of alkyl halides is 2. The van der Waals surface area contributed by atoms with Crippen molar-refractivity contribution in [2.45, 2.75) is 26.4 Å². The number of rotatable bonds is 6. The summed E-state index contributed by atoms with van der Waals surface area (Å²) in [5.41, 5.74) is 0.956. The van der Waals surface area contributed by atoms with Crippen molar-refractivity contribution in [2.24, 2.45) is 7.05 Å². The Morgan fingerprint density at radius 2 is 2.23 bits per heavy atom. The molecule has 1 aromatic carbocycles. The van der Waals surface area contributed by atoms with Crippen LogP contribution in [0.4, 0.5) is 14.6 Å². The molecule has 0 bridgehead atoms. The maximum absolute atomic E-state index is 12.6. The molecule has 0 spiro atoms. The van der Waals surface area contributed by atoms with Crippen molar-refractivity contribution in [3.63, 3.8) is 0 Å². The summed E-state index contributed by atoms with van der Waals surface area (Å²) in [6.45, 7) is -1.15. The number of fused-ring (bicyclic) bond motifs is 1. The fraction of sp³-hybridized carbons (Fsp3) is 0.312. The van der Waals surface area contributed by atoms with Crippen molar-refractivity contribution >= 4 is 38.8 Å². The van der Waals surface area contributed by atoms with Crippen molar-refractivity contribution in [1.29, 1.82) is 0 Å². The van der Waals surface area contributed by atoms with Gasteiger partial charge in [-0.15, -0.1) is 0 Å². The molecule has 10 heteroatoms. The first-order valence-corrected chi connectivity index (χ1v) is 8.51. The topological polar surface area (TPSA) is 82.2 Å². The number of nitrogens with one attached hydrogen (secondary N) is 1. The molecular weight excluding hydrogens is 414 g/mol. The first kappa shape index (κ1) is 18.3. The van der Waals surface area contributed by atoms with Crippen LogP contribution < -0.4 is 10.1 Å². The van der Waals surface area contributed by atoms with Gasteiger partial charge in [0.2, 0.25) is 5.91 Å². The Morgan fingerprint density at radius 3 is 2.85 bits per heavy atom. The molecular formula is C16H15BrF2N4O3. The van der Waals surface area contributed by atoms with Crippen LogP contribution in [-0.2, 0) is 24.7 Å². The molecule has 0 fully saturated rings. The fourth-order valence-electron chi connectivity index (χ4n) is 2.46. The molecule has 2 heterocycles. The third-order valence-corrected chi connectivity index (χ3v) is 4.23. The number of carbonyl (C=O) groups is 1. The van der Waals surface area contributed by atoms with E-state index in [0.29, 0.717) is 28.2 Å². The summed E-state index contributed by atoms with van der Waals surface area (Å²) in [5.74, 6) is 0.488. The Morgan fingerprint density at radius 1 is 1.46 bits per heavy atom. The highest BCUT2D eigenvalue weighted by Gasteiger charge is 2.19. The van der Waals surface area contributed by atoms with Crippen molar-refractivity contribution in [2.75, 3.05) is 5.32 Å². The number of aromatic nitrogens is 3. The van der Waals surface area contributed by atoms with Gasteiger partial charge in [-0.3, -0.25) is 9.48 Å². The Kier molecular flexibility index (Phi) is 5.21. The number of amides is 1. The van der Waals surface area contributed by atoms with E-state index in [9.17, 15) is 13.6 Å². The molecule has 7 nitrogen and oxygen atoms in total. The molecule has 0 saturated heterocycles. The zero-order valence-electron chi connectivity index (χ0n) is 13.9. The van der Waals surface area contributed by atoms with Gasteiger partial charge in [-0.1, -0.05) is 13.0 Å². The molecule has 138 valence electrons. The summed E-state index contributed by atoms with van der Waals surface area (Å²) in [7, 11) is 1.69. The largest absolute Gasteiger partial charge is 0.440 e. The summed E-state index contributed by atoms with van der Waals surface area (Å²) in [5, 5.41) is 6.76. The number of hydrogen-bond acceptors (Lipinski definition) is 5. The second-order valence-electron chi connectivity index (χ2n) is 5.43. The molecule has 0 saturated carbocycles. The van der Waals surface area contributed by atoms with E-state index in [1.54, 1.807) is 13.2 Å². The third-order valence-electron chi connectivity index (χ3n) is 3.65. The Bertz CT molecular complexity index is 935. The van der Waals surface area contributed by atoms with Gasteiger partial charge >= 0.3 is 6.61 Å². The van der Waals surface area contributed by atoms with Gasteiger partial charge in [0.25, 0.3) is 0 Å². The monoisotopic (exact) mass is 428 g/mol. The van der Waals surface area contributed by atoms with E-state index in [-0.39, 0.29) is 29.2 Å². The van der Waals surface area contributed by atoms with Crippen molar-refractivity contribution in [1.82, 2.24) is 14.8 Å². The average Bonchev–Trinajstić information content (AvgIpc) is 3.16. The zero-order chi connectivity index (χ0) is 18.8. The van der Waals surface area contributed by atoms with Crippen LogP contribution in [-0.4, -0.2) is 27.3 Å². The maximum atomic E-state index is 12.6. The molecule has 0 radical (unpaired) electrons. The molecule has 0 aliphatic carbocycles. The molecule has 0 aliphatic heterocycles. The quantitative estimate of drug-likeness (QED) is 0.647. The van der Waals surface area contributed by atoms with Crippen molar-refractivity contribution < 1.29 is 22.7 Å². The molecule has 1 N–H and O–H groups in total. The van der Waals surface area contributed by atoms with E-state index in [1.807, 2.05) is 6.92 Å². The number of aryl methyl sites for hydroxylation is 2. The highest BCUT2D eigenvalue weighted by Crippen LogP contribution is 2.31. The maximum Gasteiger partial charge on any atom is 0.387 e. The summed E-state index contributed by atoms with van der Waals surface area (Å²) >= 11 is 3.30. The SMILES string of the molecule is CCc1nc2c(OC(F)F)ccc(CC(=O)Nc3c(Br)cnn3C)c2o1. The summed E-state index contributed by atoms with van der Waals surface area (Å²) in [6.07, 6.45) is 2.02. The smallest absolute Gasteiger partial charge is 0.387 e. The number of ether oxygens (including phenoxy) is 1. The molecule has 0 atom stereocenters. The minimum Gasteiger partial charge on any atom is -0.440 e. The van der Waals surface area contributed by atoms with Crippen LogP contribution in [0, 0.1) is 0 Å². The van der Waals surface area contributed by atoms with E-state index in [4.69, 9.17) is 4.42 Å². The average molecular weight is 429 g/mol. The van der Waals surface area contributed by atoms with Gasteiger partial charge in [0.05, 0.1) is 17.1 Å². The normalized spacial score (nSPS) is 11.3. The third kappa shape index (κ3) is 3.69. The Labute approximate surface area is 155 Å². The molecule has 3 rings (SSSR count). The number of anilines is 1. The Balaban J connectivity index is 1.90. The molecule has 0 aliphatic rings. The Hall–Kier alpha value is -2.49. The summed E-state index contributed by atoms with van der Waals surface area (Å²) < 4.78 is 37.4. The minimum absolute atomic E-state index is 0.0264. The second-order valence-corrected chi connectivity index (χ2v) is 6.28. The van der Waals surface area contributed by atoms with E-state index in [1.165, 1.54) is 16.8 Å². The number of halogens is 3. The zero-order valence-corrected chi connectivity index (χ0v) is 15.5. The van der Waals surface area contributed by atoms with Gasteiger partial charge < -0.3 is 14.5 Å². The number of hydrogen-bond donors (Lipinski definition) is 1. The van der Waals surface area contributed by atoms with Crippen LogP contribution in [0.15, 0.2) is 27.2 Å². The fourth-order valence-corrected chi connectivity index (χ4v) is 2.91. The van der Waals surface area contributed by atoms with Crippen molar-refractivity contribution in [3.8, 4) is 5.75 Å². The summed E-state index contributed by atoms with van der Waals surface area (Å²) in [4.78, 5) is 16.6. The second kappa shape index (κ2) is 7.40. The van der Waals surface area contributed by atoms with Gasteiger partial charge in [-0.25, -0.2) is 4.98 Å². The van der Waals surface area contributed by atoms with Gasteiger partial charge in [0.1, 0.15) is 5.82 Å². The van der Waals surface area contributed by atoms with E-state index < -0.39 is 6.61 Å². The van der Waals surface area contributed by atoms with Crippen LogP contribution >= 0.6 is 15.9 Å². The van der Waals surface area contributed by atoms with Gasteiger partial charge in [0.15, 0.2) is 22.7 Å². The molecule has 0 unspecified atom stereocenters. The standard InChI is InChI=1S/C16H15BrF2N4O3/c1-3-12-22-13-10(25-16(18)19)5-4-8(14(13)26-12)6-11(24)21-15-9(17)7-20-23(15)2/h4-5,7,16H,3,6H2,1-2H3,(H,21,24). The predicted molar refractivity (Wildman–Crippen MR) is 93.3 cm³/mol. The minimum atomic E-state index is -2.98. The van der Waals surface area contributed by atoms with Gasteiger partial charge in [0, 0.05) is 19.0 Å². The van der Waals surface area contributed by atoms with E-state index >= 15 is 0 Å².